The molecule has 2 rings (SSSR count). The molecule has 0 bridgehead atoms. The fourth-order valence-electron chi connectivity index (χ4n) is 3.03. The fraction of sp³-hybridized carbons (Fsp3) is 0.350. The van der Waals surface area contributed by atoms with Crippen LogP contribution in [0.1, 0.15) is 24.0 Å². The molecular weight excluding hydrogens is 318 g/mol. The number of rotatable bonds is 7. The smallest absolute Gasteiger partial charge is 0.333 e. The summed E-state index contributed by atoms with van der Waals surface area (Å²) in [5.41, 5.74) is 3.82. The average Bonchev–Trinajstić information content (AvgIpc) is 2.65. The molecule has 0 unspecified atom stereocenters. The molecule has 0 saturated carbocycles. The highest BCUT2D eigenvalue weighted by Gasteiger charge is 2.27. The summed E-state index contributed by atoms with van der Waals surface area (Å²) in [6.07, 6.45) is 1.56. The molecule has 0 fully saturated rings. The van der Waals surface area contributed by atoms with Crippen LogP contribution < -0.4 is 0 Å². The molecule has 0 amide bonds. The van der Waals surface area contributed by atoms with Crippen LogP contribution in [0.3, 0.4) is 0 Å². The Morgan fingerprint density at radius 3 is 2.20 bits per heavy atom. The zero-order chi connectivity index (χ0) is 18.4. The standard InChI is InChI=1S/C20H23NO4/c1-13(19(22)24-3)11-16(12-14(2)20(23)25-4)18-17-8-6-5-7-15(17)9-10-21-18/h5-8,16H,1-2,9-12H2,3-4H3. The fourth-order valence-corrected chi connectivity index (χ4v) is 3.03. The molecule has 0 radical (unpaired) electrons. The van der Waals surface area contributed by atoms with Crippen molar-refractivity contribution in [3.8, 4) is 0 Å². The third kappa shape index (κ3) is 4.44. The molecule has 1 aromatic carbocycles. The molecule has 5 heteroatoms. The Morgan fingerprint density at radius 1 is 1.08 bits per heavy atom. The zero-order valence-electron chi connectivity index (χ0n) is 14.7. The molecular formula is C20H23NO4. The van der Waals surface area contributed by atoms with E-state index in [-0.39, 0.29) is 5.92 Å². The van der Waals surface area contributed by atoms with Crippen LogP contribution in [0.5, 0.6) is 0 Å². The van der Waals surface area contributed by atoms with Gasteiger partial charge in [0.05, 0.1) is 14.2 Å². The third-order valence-corrected chi connectivity index (χ3v) is 4.28. The Kier molecular flexibility index (Phi) is 6.28. The van der Waals surface area contributed by atoms with Crippen molar-refractivity contribution in [2.24, 2.45) is 10.9 Å². The monoisotopic (exact) mass is 341 g/mol. The first-order valence-corrected chi connectivity index (χ1v) is 8.12. The van der Waals surface area contributed by atoms with Crippen molar-refractivity contribution in [1.29, 1.82) is 0 Å². The lowest BCUT2D eigenvalue weighted by Crippen LogP contribution is -2.25. The molecule has 0 atom stereocenters. The zero-order valence-corrected chi connectivity index (χ0v) is 14.7. The normalized spacial score (nSPS) is 12.8. The Balaban J connectivity index is 2.32. The summed E-state index contributed by atoms with van der Waals surface area (Å²) in [4.78, 5) is 28.2. The molecule has 0 saturated heterocycles. The summed E-state index contributed by atoms with van der Waals surface area (Å²) < 4.78 is 9.50. The van der Waals surface area contributed by atoms with Gasteiger partial charge in [-0.25, -0.2) is 9.59 Å². The number of esters is 2. The molecule has 1 aromatic rings. The predicted octanol–water partition coefficient (Wildman–Crippen LogP) is 2.89. The van der Waals surface area contributed by atoms with Gasteiger partial charge in [0.25, 0.3) is 0 Å². The van der Waals surface area contributed by atoms with Gasteiger partial charge in [0.15, 0.2) is 0 Å². The van der Waals surface area contributed by atoms with Crippen LogP contribution in [0.15, 0.2) is 53.6 Å². The first kappa shape index (κ1) is 18.6. The van der Waals surface area contributed by atoms with Gasteiger partial charge < -0.3 is 9.47 Å². The quantitative estimate of drug-likeness (QED) is 0.565. The number of benzene rings is 1. The summed E-state index contributed by atoms with van der Waals surface area (Å²) in [5.74, 6) is -1.11. The lowest BCUT2D eigenvalue weighted by atomic mass is 9.83. The second kappa shape index (κ2) is 8.42. The maximum absolute atomic E-state index is 11.8. The second-order valence-corrected chi connectivity index (χ2v) is 5.97. The number of carbonyl (C=O) groups is 2. The van der Waals surface area contributed by atoms with E-state index in [1.807, 2.05) is 18.2 Å². The maximum Gasteiger partial charge on any atom is 0.333 e. The predicted molar refractivity (Wildman–Crippen MR) is 96.6 cm³/mol. The SMILES string of the molecule is C=C(CC(CC(=C)C(=O)OC)C1=NCCc2ccccc21)C(=O)OC. The first-order chi connectivity index (χ1) is 12.0. The number of fused-ring (bicyclic) bond motifs is 1. The van der Waals surface area contributed by atoms with Crippen molar-refractivity contribution in [2.45, 2.75) is 19.3 Å². The maximum atomic E-state index is 11.8. The van der Waals surface area contributed by atoms with E-state index in [2.05, 4.69) is 24.2 Å². The molecule has 0 aliphatic carbocycles. The van der Waals surface area contributed by atoms with Crippen LogP contribution in [-0.4, -0.2) is 38.4 Å². The van der Waals surface area contributed by atoms with Crippen LogP contribution in [0.25, 0.3) is 0 Å². The van der Waals surface area contributed by atoms with Gasteiger partial charge in [-0.15, -0.1) is 0 Å². The minimum Gasteiger partial charge on any atom is -0.466 e. The Bertz CT molecular complexity index is 703. The number of ether oxygens (including phenoxy) is 2. The summed E-state index contributed by atoms with van der Waals surface area (Å²) >= 11 is 0. The van der Waals surface area contributed by atoms with Crippen molar-refractivity contribution >= 4 is 17.7 Å². The summed E-state index contributed by atoms with van der Waals surface area (Å²) in [7, 11) is 2.65. The number of nitrogens with zero attached hydrogens (tertiary/aromatic N) is 1. The highest BCUT2D eigenvalue weighted by atomic mass is 16.5. The van der Waals surface area contributed by atoms with Gasteiger partial charge in [-0.05, 0) is 30.4 Å². The van der Waals surface area contributed by atoms with Crippen molar-refractivity contribution in [2.75, 3.05) is 20.8 Å². The highest BCUT2D eigenvalue weighted by molar-refractivity contribution is 6.05. The Hall–Kier alpha value is -2.69. The largest absolute Gasteiger partial charge is 0.466 e. The Labute approximate surface area is 148 Å². The minimum atomic E-state index is -0.460. The lowest BCUT2D eigenvalue weighted by Gasteiger charge is -2.25. The second-order valence-electron chi connectivity index (χ2n) is 5.97. The van der Waals surface area contributed by atoms with E-state index in [0.717, 1.165) is 17.7 Å². The summed E-state index contributed by atoms with van der Waals surface area (Å²) in [6, 6.07) is 8.05. The van der Waals surface area contributed by atoms with Crippen molar-refractivity contribution in [3.63, 3.8) is 0 Å². The van der Waals surface area contributed by atoms with E-state index in [1.54, 1.807) is 0 Å². The molecule has 25 heavy (non-hydrogen) atoms. The van der Waals surface area contributed by atoms with Gasteiger partial charge in [0.1, 0.15) is 0 Å². The first-order valence-electron chi connectivity index (χ1n) is 8.12. The van der Waals surface area contributed by atoms with E-state index in [0.29, 0.717) is 30.5 Å². The molecule has 132 valence electrons. The number of carbonyl (C=O) groups excluding carboxylic acids is 2. The summed E-state index contributed by atoms with van der Waals surface area (Å²) in [6.45, 7) is 8.30. The van der Waals surface area contributed by atoms with Crippen LogP contribution in [0.2, 0.25) is 0 Å². The highest BCUT2D eigenvalue weighted by Crippen LogP contribution is 2.28. The molecule has 0 aromatic heterocycles. The molecule has 0 spiro atoms. The van der Waals surface area contributed by atoms with E-state index in [1.165, 1.54) is 19.8 Å². The number of aliphatic imine (C=N–C) groups is 1. The molecule has 1 aliphatic heterocycles. The van der Waals surface area contributed by atoms with Crippen LogP contribution >= 0.6 is 0 Å². The molecule has 0 N–H and O–H groups in total. The van der Waals surface area contributed by atoms with Crippen LogP contribution in [0, 0.1) is 5.92 Å². The van der Waals surface area contributed by atoms with E-state index < -0.39 is 11.9 Å². The van der Waals surface area contributed by atoms with Crippen LogP contribution in [-0.2, 0) is 25.5 Å². The van der Waals surface area contributed by atoms with Gasteiger partial charge in [-0.1, -0.05) is 37.4 Å². The van der Waals surface area contributed by atoms with Gasteiger partial charge in [0.2, 0.25) is 0 Å². The van der Waals surface area contributed by atoms with E-state index in [4.69, 9.17) is 9.47 Å². The van der Waals surface area contributed by atoms with E-state index >= 15 is 0 Å². The van der Waals surface area contributed by atoms with Gasteiger partial charge >= 0.3 is 11.9 Å². The molecule has 5 nitrogen and oxygen atoms in total. The van der Waals surface area contributed by atoms with Crippen molar-refractivity contribution in [3.05, 3.63) is 59.7 Å². The minimum absolute atomic E-state index is 0.195. The molecule has 1 aliphatic rings. The summed E-state index contributed by atoms with van der Waals surface area (Å²) in [5, 5.41) is 0. The van der Waals surface area contributed by atoms with Gasteiger partial charge in [-0.3, -0.25) is 4.99 Å². The number of hydrogen-bond acceptors (Lipinski definition) is 5. The van der Waals surface area contributed by atoms with Crippen molar-refractivity contribution < 1.29 is 19.1 Å². The lowest BCUT2D eigenvalue weighted by molar-refractivity contribution is -0.136. The average molecular weight is 341 g/mol. The van der Waals surface area contributed by atoms with Crippen molar-refractivity contribution in [1.82, 2.24) is 0 Å². The van der Waals surface area contributed by atoms with Gasteiger partial charge in [0, 0.05) is 29.3 Å². The van der Waals surface area contributed by atoms with Gasteiger partial charge in [-0.2, -0.15) is 0 Å². The number of hydrogen-bond donors (Lipinski definition) is 0. The van der Waals surface area contributed by atoms with Crippen LogP contribution in [0.4, 0.5) is 0 Å². The Morgan fingerprint density at radius 2 is 1.64 bits per heavy atom. The van der Waals surface area contributed by atoms with E-state index in [9.17, 15) is 9.59 Å². The molecule has 1 heterocycles. The number of methoxy groups -OCH3 is 2. The third-order valence-electron chi connectivity index (χ3n) is 4.28. The topological polar surface area (TPSA) is 65.0 Å².